The predicted molar refractivity (Wildman–Crippen MR) is 69.9 cm³/mol. The summed E-state index contributed by atoms with van der Waals surface area (Å²) in [7, 11) is 0. The van der Waals surface area contributed by atoms with Crippen molar-refractivity contribution < 1.29 is 4.74 Å². The van der Waals surface area contributed by atoms with Gasteiger partial charge in [0.05, 0.1) is 6.10 Å². The van der Waals surface area contributed by atoms with E-state index >= 15 is 0 Å². The highest BCUT2D eigenvalue weighted by Crippen LogP contribution is 2.11. The summed E-state index contributed by atoms with van der Waals surface area (Å²) in [5.74, 6) is 0. The number of hydrogen-bond acceptors (Lipinski definition) is 2. The standard InChI is InChI=1S/C13H17NOS/c1-10-4-6-11(7-5-10)13(16)14-9-12-3-2-8-15-12/h4-7,12H,2-3,8-9H2,1H3,(H,14,16)/t12-/m1/s1. The molecule has 0 spiro atoms. The highest BCUT2D eigenvalue weighted by Gasteiger charge is 2.15. The smallest absolute Gasteiger partial charge is 0.106 e. The molecule has 0 amide bonds. The van der Waals surface area contributed by atoms with Crippen LogP contribution in [0.25, 0.3) is 0 Å². The molecule has 16 heavy (non-hydrogen) atoms. The Bertz CT molecular complexity index is 355. The summed E-state index contributed by atoms with van der Waals surface area (Å²) in [6.07, 6.45) is 2.65. The van der Waals surface area contributed by atoms with E-state index in [9.17, 15) is 0 Å². The third-order valence-corrected chi connectivity index (χ3v) is 3.21. The topological polar surface area (TPSA) is 21.3 Å². The molecule has 2 rings (SSSR count). The van der Waals surface area contributed by atoms with Crippen LogP contribution in [0.5, 0.6) is 0 Å². The van der Waals surface area contributed by atoms with E-state index in [2.05, 4.69) is 36.5 Å². The van der Waals surface area contributed by atoms with Gasteiger partial charge in [0.15, 0.2) is 0 Å². The van der Waals surface area contributed by atoms with Crippen LogP contribution in [0.1, 0.15) is 24.0 Å². The lowest BCUT2D eigenvalue weighted by atomic mass is 10.1. The van der Waals surface area contributed by atoms with Gasteiger partial charge in [-0.15, -0.1) is 0 Å². The molecule has 1 fully saturated rings. The minimum atomic E-state index is 0.336. The quantitative estimate of drug-likeness (QED) is 0.813. The number of hydrogen-bond donors (Lipinski definition) is 1. The first kappa shape index (κ1) is 11.6. The molecule has 1 aliphatic heterocycles. The van der Waals surface area contributed by atoms with Crippen LogP contribution < -0.4 is 5.32 Å². The molecule has 3 heteroatoms. The summed E-state index contributed by atoms with van der Waals surface area (Å²) in [4.78, 5) is 0.815. The SMILES string of the molecule is Cc1ccc(C(=S)NC[C@H]2CCCO2)cc1. The van der Waals surface area contributed by atoms with E-state index in [4.69, 9.17) is 17.0 Å². The third-order valence-electron chi connectivity index (χ3n) is 2.83. The second-order valence-electron chi connectivity index (χ2n) is 4.21. The number of ether oxygens (including phenoxy) is 1. The summed E-state index contributed by atoms with van der Waals surface area (Å²) in [6.45, 7) is 3.79. The molecule has 1 aliphatic rings. The van der Waals surface area contributed by atoms with Gasteiger partial charge in [-0.2, -0.15) is 0 Å². The molecule has 1 aromatic rings. The number of rotatable bonds is 3. The van der Waals surface area contributed by atoms with Crippen LogP contribution in [-0.2, 0) is 4.74 Å². The van der Waals surface area contributed by atoms with E-state index in [1.807, 2.05) is 0 Å². The summed E-state index contributed by atoms with van der Waals surface area (Å²) in [6, 6.07) is 8.27. The second-order valence-corrected chi connectivity index (χ2v) is 4.62. The molecular weight excluding hydrogens is 218 g/mol. The van der Waals surface area contributed by atoms with Gasteiger partial charge >= 0.3 is 0 Å². The van der Waals surface area contributed by atoms with Crippen molar-refractivity contribution in [3.63, 3.8) is 0 Å². The molecule has 1 atom stereocenters. The first-order valence-electron chi connectivity index (χ1n) is 5.72. The molecule has 0 aromatic heterocycles. The number of benzene rings is 1. The summed E-state index contributed by atoms with van der Waals surface area (Å²) in [5, 5.41) is 3.27. The average Bonchev–Trinajstić information content (AvgIpc) is 2.80. The number of nitrogens with one attached hydrogen (secondary N) is 1. The van der Waals surface area contributed by atoms with Gasteiger partial charge in [-0.1, -0.05) is 42.0 Å². The molecule has 1 heterocycles. The van der Waals surface area contributed by atoms with Crippen molar-refractivity contribution in [2.45, 2.75) is 25.9 Å². The van der Waals surface area contributed by atoms with Gasteiger partial charge in [0.1, 0.15) is 4.99 Å². The fourth-order valence-electron chi connectivity index (χ4n) is 1.82. The van der Waals surface area contributed by atoms with Gasteiger partial charge in [0.2, 0.25) is 0 Å². The molecule has 1 saturated heterocycles. The van der Waals surface area contributed by atoms with Crippen LogP contribution in [-0.4, -0.2) is 24.2 Å². The summed E-state index contributed by atoms with van der Waals surface area (Å²) < 4.78 is 5.54. The van der Waals surface area contributed by atoms with E-state index < -0.39 is 0 Å². The maximum absolute atomic E-state index is 5.54. The monoisotopic (exact) mass is 235 g/mol. The molecule has 0 unspecified atom stereocenters. The highest BCUT2D eigenvalue weighted by atomic mass is 32.1. The van der Waals surface area contributed by atoms with E-state index in [-0.39, 0.29) is 0 Å². The van der Waals surface area contributed by atoms with Crippen LogP contribution in [0, 0.1) is 6.92 Å². The van der Waals surface area contributed by atoms with Crippen molar-refractivity contribution in [3.8, 4) is 0 Å². The summed E-state index contributed by atoms with van der Waals surface area (Å²) >= 11 is 5.33. The highest BCUT2D eigenvalue weighted by molar-refractivity contribution is 7.80. The van der Waals surface area contributed by atoms with Crippen LogP contribution in [0.4, 0.5) is 0 Å². The molecule has 0 bridgehead atoms. The molecule has 0 radical (unpaired) electrons. The Morgan fingerprint density at radius 1 is 1.44 bits per heavy atom. The van der Waals surface area contributed by atoms with Gasteiger partial charge in [-0.05, 0) is 19.8 Å². The molecular formula is C13H17NOS. The zero-order chi connectivity index (χ0) is 11.4. The van der Waals surface area contributed by atoms with Gasteiger partial charge < -0.3 is 10.1 Å². The number of aryl methyl sites for hydroxylation is 1. The molecule has 1 aromatic carbocycles. The van der Waals surface area contributed by atoms with Crippen LogP contribution >= 0.6 is 12.2 Å². The fraction of sp³-hybridized carbons (Fsp3) is 0.462. The van der Waals surface area contributed by atoms with E-state index in [1.165, 1.54) is 12.0 Å². The Morgan fingerprint density at radius 3 is 2.81 bits per heavy atom. The lowest BCUT2D eigenvalue weighted by molar-refractivity contribution is 0.114. The molecule has 0 aliphatic carbocycles. The van der Waals surface area contributed by atoms with Gasteiger partial charge in [0, 0.05) is 18.7 Å². The Kier molecular flexibility index (Phi) is 3.91. The molecule has 0 saturated carbocycles. The molecule has 86 valence electrons. The predicted octanol–water partition coefficient (Wildman–Crippen LogP) is 2.44. The summed E-state index contributed by atoms with van der Waals surface area (Å²) in [5.41, 5.74) is 2.34. The first-order chi connectivity index (χ1) is 7.75. The van der Waals surface area contributed by atoms with Crippen molar-refractivity contribution in [2.24, 2.45) is 0 Å². The van der Waals surface area contributed by atoms with Gasteiger partial charge in [0.25, 0.3) is 0 Å². The maximum Gasteiger partial charge on any atom is 0.106 e. The van der Waals surface area contributed by atoms with Crippen molar-refractivity contribution in [2.75, 3.05) is 13.2 Å². The van der Waals surface area contributed by atoms with Crippen molar-refractivity contribution in [1.29, 1.82) is 0 Å². The van der Waals surface area contributed by atoms with Crippen molar-refractivity contribution >= 4 is 17.2 Å². The zero-order valence-electron chi connectivity index (χ0n) is 9.53. The van der Waals surface area contributed by atoms with E-state index in [0.29, 0.717) is 6.10 Å². The fourth-order valence-corrected chi connectivity index (χ4v) is 2.04. The largest absolute Gasteiger partial charge is 0.376 e. The van der Waals surface area contributed by atoms with Crippen LogP contribution in [0.3, 0.4) is 0 Å². The Labute approximate surface area is 102 Å². The van der Waals surface area contributed by atoms with Gasteiger partial charge in [-0.3, -0.25) is 0 Å². The van der Waals surface area contributed by atoms with Crippen LogP contribution in [0.2, 0.25) is 0 Å². The van der Waals surface area contributed by atoms with Crippen molar-refractivity contribution in [1.82, 2.24) is 5.32 Å². The normalized spacial score (nSPS) is 19.7. The van der Waals surface area contributed by atoms with Crippen molar-refractivity contribution in [3.05, 3.63) is 35.4 Å². The number of thiocarbonyl (C=S) groups is 1. The average molecular weight is 235 g/mol. The van der Waals surface area contributed by atoms with E-state index in [0.717, 1.165) is 30.1 Å². The second kappa shape index (κ2) is 5.41. The van der Waals surface area contributed by atoms with Crippen LogP contribution in [0.15, 0.2) is 24.3 Å². The molecule has 1 N–H and O–H groups in total. The lowest BCUT2D eigenvalue weighted by Crippen LogP contribution is -2.31. The Hall–Kier alpha value is -0.930. The maximum atomic E-state index is 5.54. The Morgan fingerprint density at radius 2 is 2.19 bits per heavy atom. The third kappa shape index (κ3) is 3.03. The minimum absolute atomic E-state index is 0.336. The minimum Gasteiger partial charge on any atom is -0.376 e. The zero-order valence-corrected chi connectivity index (χ0v) is 10.3. The lowest BCUT2D eigenvalue weighted by Gasteiger charge is -2.12. The van der Waals surface area contributed by atoms with E-state index in [1.54, 1.807) is 0 Å². The van der Waals surface area contributed by atoms with Gasteiger partial charge in [-0.25, -0.2) is 0 Å². The molecule has 2 nitrogen and oxygen atoms in total. The first-order valence-corrected chi connectivity index (χ1v) is 6.13. The Balaban J connectivity index is 1.85.